The molecule has 0 aromatic heterocycles. The van der Waals surface area contributed by atoms with Gasteiger partial charge in [-0.3, -0.25) is 4.31 Å². The normalized spacial score (nSPS) is 16.1. The molecule has 3 aromatic carbocycles. The number of rotatable bonds is 2. The molecular formula is C20H16FNO3S. The molecule has 4 rings (SSSR count). The lowest BCUT2D eigenvalue weighted by Crippen LogP contribution is -2.36. The second-order valence-electron chi connectivity index (χ2n) is 6.19. The number of sulfonamides is 1. The first-order valence-electron chi connectivity index (χ1n) is 8.12. The molecule has 0 saturated heterocycles. The van der Waals surface area contributed by atoms with E-state index in [9.17, 15) is 17.9 Å². The Hall–Kier alpha value is -2.86. The second kappa shape index (κ2) is 5.85. The van der Waals surface area contributed by atoms with Crippen LogP contribution in [0.25, 0.3) is 11.1 Å². The van der Waals surface area contributed by atoms with E-state index in [1.165, 1.54) is 28.6 Å². The highest BCUT2D eigenvalue weighted by Gasteiger charge is 2.37. The van der Waals surface area contributed by atoms with Gasteiger partial charge in [-0.05, 0) is 48.4 Å². The maximum atomic E-state index is 13.8. The number of hydrogen-bond donors (Lipinski definition) is 1. The number of nitrogens with zero attached hydrogens (tertiary/aromatic N) is 1. The van der Waals surface area contributed by atoms with Crippen LogP contribution in [0.5, 0.6) is 5.75 Å². The Labute approximate surface area is 151 Å². The van der Waals surface area contributed by atoms with Crippen LogP contribution in [0.3, 0.4) is 0 Å². The van der Waals surface area contributed by atoms with Crippen LogP contribution in [-0.2, 0) is 10.0 Å². The van der Waals surface area contributed by atoms with Crippen molar-refractivity contribution in [1.82, 2.24) is 0 Å². The summed E-state index contributed by atoms with van der Waals surface area (Å²) in [5, 5.41) is 10.1. The van der Waals surface area contributed by atoms with E-state index in [0.717, 1.165) is 5.56 Å². The third-order valence-electron chi connectivity index (χ3n) is 4.65. The number of para-hydroxylation sites is 2. The molecule has 1 N–H and O–H groups in total. The highest BCUT2D eigenvalue weighted by Crippen LogP contribution is 2.47. The van der Waals surface area contributed by atoms with Gasteiger partial charge in [0.15, 0.2) is 0 Å². The Morgan fingerprint density at radius 2 is 1.65 bits per heavy atom. The molecule has 0 radical (unpaired) electrons. The predicted molar refractivity (Wildman–Crippen MR) is 98.0 cm³/mol. The Morgan fingerprint density at radius 3 is 2.42 bits per heavy atom. The molecule has 1 atom stereocenters. The van der Waals surface area contributed by atoms with Crippen LogP contribution in [-0.4, -0.2) is 13.5 Å². The summed E-state index contributed by atoms with van der Waals surface area (Å²) in [6, 6.07) is 16.7. The number of anilines is 1. The average Bonchev–Trinajstić information content (AvgIpc) is 2.62. The summed E-state index contributed by atoms with van der Waals surface area (Å²) in [5.74, 6) is -0.739. The summed E-state index contributed by atoms with van der Waals surface area (Å²) in [6.45, 7) is 1.71. The van der Waals surface area contributed by atoms with Crippen molar-refractivity contribution >= 4 is 15.7 Å². The Morgan fingerprint density at radius 1 is 0.962 bits per heavy atom. The van der Waals surface area contributed by atoms with Crippen molar-refractivity contribution in [2.75, 3.05) is 4.31 Å². The van der Waals surface area contributed by atoms with Crippen LogP contribution in [0.1, 0.15) is 18.5 Å². The molecule has 3 aromatic rings. The quantitative estimate of drug-likeness (QED) is 0.725. The zero-order chi connectivity index (χ0) is 18.5. The fourth-order valence-electron chi connectivity index (χ4n) is 3.47. The van der Waals surface area contributed by atoms with Gasteiger partial charge in [0.1, 0.15) is 16.5 Å². The highest BCUT2D eigenvalue weighted by atomic mass is 32.2. The van der Waals surface area contributed by atoms with Crippen LogP contribution < -0.4 is 4.31 Å². The minimum absolute atomic E-state index is 0.179. The van der Waals surface area contributed by atoms with Gasteiger partial charge in [0.05, 0.1) is 11.7 Å². The van der Waals surface area contributed by atoms with E-state index in [-0.39, 0.29) is 10.6 Å². The number of benzene rings is 3. The van der Waals surface area contributed by atoms with E-state index in [1.54, 1.807) is 37.3 Å². The molecule has 0 bridgehead atoms. The molecule has 0 fully saturated rings. The van der Waals surface area contributed by atoms with E-state index in [1.807, 2.05) is 12.1 Å². The molecule has 0 saturated carbocycles. The molecule has 0 aliphatic carbocycles. The molecule has 6 heteroatoms. The summed E-state index contributed by atoms with van der Waals surface area (Å²) in [6.07, 6.45) is 0. The summed E-state index contributed by atoms with van der Waals surface area (Å²) in [4.78, 5) is -0.179. The van der Waals surface area contributed by atoms with Crippen molar-refractivity contribution in [2.24, 2.45) is 0 Å². The fourth-order valence-corrected chi connectivity index (χ4v) is 5.21. The van der Waals surface area contributed by atoms with Gasteiger partial charge in [0.25, 0.3) is 10.0 Å². The predicted octanol–water partition coefficient (Wildman–Crippen LogP) is 4.47. The summed E-state index contributed by atoms with van der Waals surface area (Å²) in [7, 11) is -4.05. The molecule has 0 unspecified atom stereocenters. The van der Waals surface area contributed by atoms with Crippen molar-refractivity contribution in [2.45, 2.75) is 17.9 Å². The summed E-state index contributed by atoms with van der Waals surface area (Å²) in [5.41, 5.74) is 2.60. The standard InChI is InChI=1S/C20H16FNO3S/c1-13-17-12-14(21)10-11-15(17)16-6-2-3-7-18(16)22(13)26(24,25)20-9-5-4-8-19(20)23/h2-13,23H,1H3/t13-/m0/s1. The molecule has 1 aliphatic heterocycles. The number of halogens is 1. The van der Waals surface area contributed by atoms with Crippen molar-refractivity contribution in [3.05, 3.63) is 78.1 Å². The minimum atomic E-state index is -4.05. The monoisotopic (exact) mass is 369 g/mol. The van der Waals surface area contributed by atoms with Crippen LogP contribution in [0, 0.1) is 5.82 Å². The number of hydrogen-bond acceptors (Lipinski definition) is 3. The van der Waals surface area contributed by atoms with E-state index >= 15 is 0 Å². The zero-order valence-electron chi connectivity index (χ0n) is 13.9. The number of fused-ring (bicyclic) bond motifs is 3. The Balaban J connectivity index is 2.00. The third-order valence-corrected chi connectivity index (χ3v) is 6.58. The van der Waals surface area contributed by atoms with Gasteiger partial charge in [-0.2, -0.15) is 0 Å². The molecule has 0 amide bonds. The molecule has 132 valence electrons. The highest BCUT2D eigenvalue weighted by molar-refractivity contribution is 7.93. The molecule has 1 aliphatic rings. The Bertz CT molecular complexity index is 1110. The second-order valence-corrected chi connectivity index (χ2v) is 7.98. The number of phenols is 1. The minimum Gasteiger partial charge on any atom is -0.507 e. The molecule has 26 heavy (non-hydrogen) atoms. The zero-order valence-corrected chi connectivity index (χ0v) is 14.7. The maximum absolute atomic E-state index is 13.8. The van der Waals surface area contributed by atoms with E-state index in [0.29, 0.717) is 16.8 Å². The number of aromatic hydroxyl groups is 1. The van der Waals surface area contributed by atoms with Crippen LogP contribution in [0.15, 0.2) is 71.6 Å². The number of phenolic OH excluding ortho intramolecular Hbond substituents is 1. The average molecular weight is 369 g/mol. The lowest BCUT2D eigenvalue weighted by atomic mass is 9.90. The lowest BCUT2D eigenvalue weighted by Gasteiger charge is -2.37. The lowest BCUT2D eigenvalue weighted by molar-refractivity contribution is 0.458. The van der Waals surface area contributed by atoms with Gasteiger partial charge in [0, 0.05) is 5.56 Å². The molecule has 4 nitrogen and oxygen atoms in total. The summed E-state index contributed by atoms with van der Waals surface area (Å²) >= 11 is 0. The first kappa shape index (κ1) is 16.6. The first-order valence-corrected chi connectivity index (χ1v) is 9.56. The molecule has 0 spiro atoms. The van der Waals surface area contributed by atoms with E-state index in [2.05, 4.69) is 0 Å². The van der Waals surface area contributed by atoms with Crippen molar-refractivity contribution in [3.63, 3.8) is 0 Å². The Kier molecular flexibility index (Phi) is 3.73. The van der Waals surface area contributed by atoms with Gasteiger partial charge in [-0.1, -0.05) is 36.4 Å². The van der Waals surface area contributed by atoms with E-state index < -0.39 is 21.9 Å². The van der Waals surface area contributed by atoms with E-state index in [4.69, 9.17) is 0 Å². The van der Waals surface area contributed by atoms with Gasteiger partial charge >= 0.3 is 0 Å². The first-order chi connectivity index (χ1) is 12.4. The summed E-state index contributed by atoms with van der Waals surface area (Å²) < 4.78 is 41.8. The van der Waals surface area contributed by atoms with Crippen molar-refractivity contribution < 1.29 is 17.9 Å². The van der Waals surface area contributed by atoms with Gasteiger partial charge in [0.2, 0.25) is 0 Å². The molecule has 1 heterocycles. The SMILES string of the molecule is C[C@H]1c2cc(F)ccc2-c2ccccc2N1S(=O)(=O)c1ccccc1O. The smallest absolute Gasteiger partial charge is 0.268 e. The fraction of sp³-hybridized carbons (Fsp3) is 0.100. The van der Waals surface area contributed by atoms with Gasteiger partial charge < -0.3 is 5.11 Å². The topological polar surface area (TPSA) is 57.6 Å². The molecular weight excluding hydrogens is 353 g/mol. The van der Waals surface area contributed by atoms with Crippen LogP contribution in [0.2, 0.25) is 0 Å². The third kappa shape index (κ3) is 2.37. The van der Waals surface area contributed by atoms with Crippen LogP contribution in [0.4, 0.5) is 10.1 Å². The largest absolute Gasteiger partial charge is 0.507 e. The van der Waals surface area contributed by atoms with Crippen molar-refractivity contribution in [1.29, 1.82) is 0 Å². The van der Waals surface area contributed by atoms with Gasteiger partial charge in [-0.15, -0.1) is 0 Å². The maximum Gasteiger partial charge on any atom is 0.268 e. The van der Waals surface area contributed by atoms with Crippen molar-refractivity contribution in [3.8, 4) is 16.9 Å². The van der Waals surface area contributed by atoms with Crippen LogP contribution >= 0.6 is 0 Å². The van der Waals surface area contributed by atoms with Gasteiger partial charge in [-0.25, -0.2) is 12.8 Å².